The van der Waals surface area contributed by atoms with Crippen LogP contribution in [0.4, 0.5) is 0 Å². The van der Waals surface area contributed by atoms with Gasteiger partial charge in [0, 0.05) is 12.8 Å². The SMILES string of the molecule is COc1ccc2cc3c(cc2c1)CC(=O)CC3. The number of carbonyl (C=O) groups is 1. The molecule has 1 aliphatic carbocycles. The molecule has 0 aromatic heterocycles. The maximum Gasteiger partial charge on any atom is 0.137 e. The maximum atomic E-state index is 11.5. The van der Waals surface area contributed by atoms with Gasteiger partial charge in [-0.25, -0.2) is 0 Å². The highest BCUT2D eigenvalue weighted by atomic mass is 16.5. The summed E-state index contributed by atoms with van der Waals surface area (Å²) < 4.78 is 5.22. The number of ether oxygens (including phenoxy) is 1. The van der Waals surface area contributed by atoms with Crippen LogP contribution in [-0.4, -0.2) is 12.9 Å². The normalized spacial score (nSPS) is 14.8. The molecule has 0 amide bonds. The minimum Gasteiger partial charge on any atom is -0.497 e. The Morgan fingerprint density at radius 3 is 2.65 bits per heavy atom. The van der Waals surface area contributed by atoms with E-state index in [0.29, 0.717) is 18.6 Å². The lowest BCUT2D eigenvalue weighted by Gasteiger charge is -2.16. The number of carbonyl (C=O) groups excluding carboxylic acids is 1. The fraction of sp³-hybridized carbons (Fsp3) is 0.267. The van der Waals surface area contributed by atoms with Gasteiger partial charge in [0.05, 0.1) is 7.11 Å². The molecule has 2 heteroatoms. The molecule has 0 saturated heterocycles. The van der Waals surface area contributed by atoms with Crippen molar-refractivity contribution < 1.29 is 9.53 Å². The van der Waals surface area contributed by atoms with Gasteiger partial charge in [-0.2, -0.15) is 0 Å². The zero-order valence-electron chi connectivity index (χ0n) is 9.82. The number of aryl methyl sites for hydroxylation is 1. The smallest absolute Gasteiger partial charge is 0.137 e. The fourth-order valence-corrected chi connectivity index (χ4v) is 2.47. The molecule has 0 unspecified atom stereocenters. The fourth-order valence-electron chi connectivity index (χ4n) is 2.47. The lowest BCUT2D eigenvalue weighted by atomic mass is 9.88. The number of rotatable bonds is 1. The molecule has 86 valence electrons. The molecule has 17 heavy (non-hydrogen) atoms. The summed E-state index contributed by atoms with van der Waals surface area (Å²) in [6.07, 6.45) is 2.16. The molecule has 2 nitrogen and oxygen atoms in total. The number of hydrogen-bond acceptors (Lipinski definition) is 2. The Bertz CT molecular complexity index is 599. The molecule has 0 heterocycles. The number of hydrogen-bond donors (Lipinski definition) is 0. The van der Waals surface area contributed by atoms with E-state index < -0.39 is 0 Å². The van der Waals surface area contributed by atoms with Gasteiger partial charge in [0.1, 0.15) is 11.5 Å². The van der Waals surface area contributed by atoms with Gasteiger partial charge in [0.25, 0.3) is 0 Å². The van der Waals surface area contributed by atoms with E-state index >= 15 is 0 Å². The Hall–Kier alpha value is -1.83. The van der Waals surface area contributed by atoms with E-state index in [1.807, 2.05) is 12.1 Å². The van der Waals surface area contributed by atoms with Crippen LogP contribution in [0, 0.1) is 0 Å². The van der Waals surface area contributed by atoms with Crippen molar-refractivity contribution in [3.63, 3.8) is 0 Å². The second-order valence-electron chi connectivity index (χ2n) is 4.55. The van der Waals surface area contributed by atoms with Crippen LogP contribution in [0.15, 0.2) is 30.3 Å². The van der Waals surface area contributed by atoms with Crippen molar-refractivity contribution in [3.05, 3.63) is 41.5 Å². The maximum absolute atomic E-state index is 11.5. The monoisotopic (exact) mass is 226 g/mol. The van der Waals surface area contributed by atoms with Gasteiger partial charge in [-0.3, -0.25) is 4.79 Å². The summed E-state index contributed by atoms with van der Waals surface area (Å²) in [5.74, 6) is 1.21. The van der Waals surface area contributed by atoms with Gasteiger partial charge in [-0.1, -0.05) is 18.2 Å². The van der Waals surface area contributed by atoms with Crippen LogP contribution in [0.2, 0.25) is 0 Å². The zero-order chi connectivity index (χ0) is 11.8. The average Bonchev–Trinajstić information content (AvgIpc) is 2.35. The van der Waals surface area contributed by atoms with Crippen LogP contribution in [0.25, 0.3) is 10.8 Å². The van der Waals surface area contributed by atoms with E-state index in [4.69, 9.17) is 4.74 Å². The first-order chi connectivity index (χ1) is 8.26. The minimum atomic E-state index is 0.347. The van der Waals surface area contributed by atoms with E-state index in [1.54, 1.807) is 7.11 Å². The molecule has 0 saturated carbocycles. The van der Waals surface area contributed by atoms with Gasteiger partial charge in [0.2, 0.25) is 0 Å². The minimum absolute atomic E-state index is 0.347. The van der Waals surface area contributed by atoms with Crippen LogP contribution >= 0.6 is 0 Å². The third kappa shape index (κ3) is 1.80. The summed E-state index contributed by atoms with van der Waals surface area (Å²) in [7, 11) is 1.67. The standard InChI is InChI=1S/C15H14O2/c1-17-15-5-3-11-6-10-2-4-14(16)8-12(10)7-13(11)9-15/h3,5-7,9H,2,4,8H2,1H3. The highest BCUT2D eigenvalue weighted by Crippen LogP contribution is 2.27. The molecule has 0 atom stereocenters. The first kappa shape index (κ1) is 10.3. The molecule has 2 aromatic carbocycles. The Labute approximate surface area is 100 Å². The van der Waals surface area contributed by atoms with Crippen molar-refractivity contribution in [2.45, 2.75) is 19.3 Å². The predicted octanol–water partition coefficient (Wildman–Crippen LogP) is 2.91. The second-order valence-corrected chi connectivity index (χ2v) is 4.55. The molecule has 3 rings (SSSR count). The topological polar surface area (TPSA) is 26.3 Å². The zero-order valence-corrected chi connectivity index (χ0v) is 9.82. The second kappa shape index (κ2) is 3.88. The Morgan fingerprint density at radius 2 is 1.82 bits per heavy atom. The summed E-state index contributed by atoms with van der Waals surface area (Å²) >= 11 is 0. The molecule has 1 aliphatic rings. The van der Waals surface area contributed by atoms with Crippen LogP contribution < -0.4 is 4.74 Å². The first-order valence-electron chi connectivity index (χ1n) is 5.87. The van der Waals surface area contributed by atoms with Crippen molar-refractivity contribution in [2.75, 3.05) is 7.11 Å². The van der Waals surface area contributed by atoms with Crippen LogP contribution in [0.1, 0.15) is 17.5 Å². The van der Waals surface area contributed by atoms with Crippen molar-refractivity contribution in [2.24, 2.45) is 0 Å². The Balaban J connectivity index is 2.18. The predicted molar refractivity (Wildman–Crippen MR) is 67.5 cm³/mol. The number of fused-ring (bicyclic) bond motifs is 2. The lowest BCUT2D eigenvalue weighted by molar-refractivity contribution is -0.118. The van der Waals surface area contributed by atoms with Gasteiger partial charge in [-0.05, 0) is 40.5 Å². The van der Waals surface area contributed by atoms with Crippen molar-refractivity contribution in [3.8, 4) is 5.75 Å². The average molecular weight is 226 g/mol. The van der Waals surface area contributed by atoms with E-state index in [1.165, 1.54) is 16.5 Å². The van der Waals surface area contributed by atoms with Gasteiger partial charge >= 0.3 is 0 Å². The van der Waals surface area contributed by atoms with Gasteiger partial charge in [0.15, 0.2) is 0 Å². The summed E-state index contributed by atoms with van der Waals surface area (Å²) in [6.45, 7) is 0. The molecule has 0 N–H and O–H groups in total. The summed E-state index contributed by atoms with van der Waals surface area (Å²) in [5.41, 5.74) is 2.50. The molecule has 0 bridgehead atoms. The molecule has 0 radical (unpaired) electrons. The van der Waals surface area contributed by atoms with Gasteiger partial charge in [-0.15, -0.1) is 0 Å². The summed E-state index contributed by atoms with van der Waals surface area (Å²) in [4.78, 5) is 11.5. The quantitative estimate of drug-likeness (QED) is 0.747. The highest BCUT2D eigenvalue weighted by Gasteiger charge is 2.16. The molecular formula is C15H14O2. The number of ketones is 1. The molecule has 2 aromatic rings. The van der Waals surface area contributed by atoms with E-state index in [-0.39, 0.29) is 0 Å². The summed E-state index contributed by atoms with van der Waals surface area (Å²) in [6, 6.07) is 10.4. The van der Waals surface area contributed by atoms with Crippen LogP contribution in [0.3, 0.4) is 0 Å². The van der Waals surface area contributed by atoms with Gasteiger partial charge < -0.3 is 4.74 Å². The Morgan fingerprint density at radius 1 is 1.00 bits per heavy atom. The van der Waals surface area contributed by atoms with Crippen LogP contribution in [-0.2, 0) is 17.6 Å². The highest BCUT2D eigenvalue weighted by molar-refractivity contribution is 5.89. The van der Waals surface area contributed by atoms with Crippen molar-refractivity contribution in [1.82, 2.24) is 0 Å². The number of Topliss-reactive ketones (excluding diaryl/α,β-unsaturated/α-hetero) is 1. The molecule has 0 aliphatic heterocycles. The summed E-state index contributed by atoms with van der Waals surface area (Å²) in [5, 5.41) is 2.37. The molecular weight excluding hydrogens is 212 g/mol. The van der Waals surface area contributed by atoms with Crippen molar-refractivity contribution >= 4 is 16.6 Å². The largest absolute Gasteiger partial charge is 0.497 e. The first-order valence-corrected chi connectivity index (χ1v) is 5.87. The van der Waals surface area contributed by atoms with E-state index in [2.05, 4.69) is 18.2 Å². The van der Waals surface area contributed by atoms with Crippen molar-refractivity contribution in [1.29, 1.82) is 0 Å². The van der Waals surface area contributed by atoms with E-state index in [0.717, 1.165) is 17.6 Å². The molecule has 0 spiro atoms. The van der Waals surface area contributed by atoms with E-state index in [9.17, 15) is 4.79 Å². The lowest BCUT2D eigenvalue weighted by Crippen LogP contribution is -2.12. The Kier molecular flexibility index (Phi) is 2.36. The van der Waals surface area contributed by atoms with Crippen LogP contribution in [0.5, 0.6) is 5.75 Å². The number of benzene rings is 2. The third-order valence-electron chi connectivity index (χ3n) is 3.43. The third-order valence-corrected chi connectivity index (χ3v) is 3.43. The molecule has 0 fully saturated rings. The number of methoxy groups -OCH3 is 1.